The van der Waals surface area contributed by atoms with Crippen LogP contribution in [0.2, 0.25) is 0 Å². The van der Waals surface area contributed by atoms with Crippen LogP contribution in [-0.4, -0.2) is 17.7 Å². The van der Waals surface area contributed by atoms with Gasteiger partial charge in [-0.25, -0.2) is 4.79 Å². The van der Waals surface area contributed by atoms with Crippen molar-refractivity contribution in [3.63, 3.8) is 0 Å². The molecule has 0 heterocycles. The lowest BCUT2D eigenvalue weighted by molar-refractivity contribution is -0.138. The van der Waals surface area contributed by atoms with E-state index in [1.54, 1.807) is 6.92 Å². The molecule has 0 aromatic carbocycles. The number of hydrogen-bond donors (Lipinski definition) is 2. The number of carbonyl (C=O) groups excluding carboxylic acids is 1. The topological polar surface area (TPSA) is 64.3 Å². The molecular formula is C6H10N2O2S. The number of hydrogen-bond acceptors (Lipinski definition) is 3. The lowest BCUT2D eigenvalue weighted by Crippen LogP contribution is -2.31. The maximum absolute atomic E-state index is 10.8. The third-order valence-corrected chi connectivity index (χ3v) is 0.898. The summed E-state index contributed by atoms with van der Waals surface area (Å²) >= 11 is 4.47. The van der Waals surface area contributed by atoms with Crippen molar-refractivity contribution in [3.05, 3.63) is 12.3 Å². The Kier molecular flexibility index (Phi) is 4.21. The molecule has 5 heteroatoms. The van der Waals surface area contributed by atoms with Gasteiger partial charge in [-0.2, -0.15) is 0 Å². The standard InChI is InChI=1S/C6H10N2O2S/c1-3-10-5(9)4(2)8-6(7)11/h2-3H2,1H3,(H3,7,8,11). The van der Waals surface area contributed by atoms with Gasteiger partial charge in [-0.15, -0.1) is 0 Å². The fourth-order valence-electron chi connectivity index (χ4n) is 0.418. The molecule has 0 aromatic rings. The Morgan fingerprint density at radius 3 is 2.73 bits per heavy atom. The number of carbonyl (C=O) groups is 1. The van der Waals surface area contributed by atoms with Crippen LogP contribution in [0.5, 0.6) is 0 Å². The van der Waals surface area contributed by atoms with Crippen LogP contribution in [0.25, 0.3) is 0 Å². The van der Waals surface area contributed by atoms with E-state index in [2.05, 4.69) is 28.9 Å². The van der Waals surface area contributed by atoms with E-state index < -0.39 is 5.97 Å². The minimum Gasteiger partial charge on any atom is -0.461 e. The minimum atomic E-state index is -0.541. The van der Waals surface area contributed by atoms with Crippen LogP contribution in [-0.2, 0) is 9.53 Å². The van der Waals surface area contributed by atoms with Crippen molar-refractivity contribution in [1.82, 2.24) is 5.32 Å². The van der Waals surface area contributed by atoms with E-state index in [4.69, 9.17) is 5.73 Å². The van der Waals surface area contributed by atoms with E-state index in [9.17, 15) is 4.79 Å². The van der Waals surface area contributed by atoms with Crippen molar-refractivity contribution in [2.75, 3.05) is 6.61 Å². The van der Waals surface area contributed by atoms with Crippen LogP contribution >= 0.6 is 12.2 Å². The lowest BCUT2D eigenvalue weighted by Gasteiger charge is -2.05. The summed E-state index contributed by atoms with van der Waals surface area (Å²) in [6.45, 7) is 5.36. The zero-order chi connectivity index (χ0) is 8.85. The van der Waals surface area contributed by atoms with Crippen LogP contribution in [0.4, 0.5) is 0 Å². The van der Waals surface area contributed by atoms with E-state index in [0.29, 0.717) is 6.61 Å². The Hall–Kier alpha value is -1.10. The number of nitrogens with two attached hydrogens (primary N) is 1. The Balaban J connectivity index is 3.83. The van der Waals surface area contributed by atoms with E-state index in [1.165, 1.54) is 0 Å². The van der Waals surface area contributed by atoms with Gasteiger partial charge in [0.25, 0.3) is 0 Å². The second kappa shape index (κ2) is 4.68. The molecule has 62 valence electrons. The normalized spacial score (nSPS) is 8.45. The average Bonchev–Trinajstić information content (AvgIpc) is 1.86. The second-order valence-electron chi connectivity index (χ2n) is 1.69. The number of ether oxygens (including phenoxy) is 1. The van der Waals surface area contributed by atoms with Gasteiger partial charge < -0.3 is 15.8 Å². The largest absolute Gasteiger partial charge is 0.461 e. The predicted molar refractivity (Wildman–Crippen MR) is 45.7 cm³/mol. The molecule has 0 aromatic heterocycles. The summed E-state index contributed by atoms with van der Waals surface area (Å²) in [7, 11) is 0. The molecule has 0 amide bonds. The third-order valence-electron chi connectivity index (χ3n) is 0.796. The maximum atomic E-state index is 10.8. The lowest BCUT2D eigenvalue weighted by atomic mass is 10.5. The zero-order valence-corrected chi connectivity index (χ0v) is 7.03. The molecule has 0 unspecified atom stereocenters. The highest BCUT2D eigenvalue weighted by Gasteiger charge is 2.06. The Morgan fingerprint density at radius 2 is 2.36 bits per heavy atom. The molecule has 0 fully saturated rings. The van der Waals surface area contributed by atoms with Crippen LogP contribution in [0.1, 0.15) is 6.92 Å². The molecule has 0 aliphatic heterocycles. The number of rotatable bonds is 3. The predicted octanol–water partition coefficient (Wildman–Crippen LogP) is -0.104. The summed E-state index contributed by atoms with van der Waals surface area (Å²) < 4.78 is 4.59. The third kappa shape index (κ3) is 4.32. The highest BCUT2D eigenvalue weighted by molar-refractivity contribution is 7.80. The molecule has 0 aliphatic rings. The molecule has 0 rings (SSSR count). The maximum Gasteiger partial charge on any atom is 0.354 e. The SMILES string of the molecule is C=C(NC(N)=S)C(=O)OCC. The Morgan fingerprint density at radius 1 is 1.82 bits per heavy atom. The Bertz CT molecular complexity index is 191. The summed E-state index contributed by atoms with van der Waals surface area (Å²) in [6.07, 6.45) is 0. The molecule has 0 bridgehead atoms. The number of nitrogens with one attached hydrogen (secondary N) is 1. The van der Waals surface area contributed by atoms with Gasteiger partial charge in [-0.05, 0) is 19.1 Å². The van der Waals surface area contributed by atoms with Crippen molar-refractivity contribution >= 4 is 23.3 Å². The van der Waals surface area contributed by atoms with Gasteiger partial charge in [0.15, 0.2) is 5.11 Å². The van der Waals surface area contributed by atoms with E-state index in [0.717, 1.165) is 0 Å². The van der Waals surface area contributed by atoms with Gasteiger partial charge in [0.1, 0.15) is 5.70 Å². The molecule has 11 heavy (non-hydrogen) atoms. The van der Waals surface area contributed by atoms with Gasteiger partial charge in [0, 0.05) is 0 Å². The molecule has 3 N–H and O–H groups in total. The zero-order valence-electron chi connectivity index (χ0n) is 6.22. The fraction of sp³-hybridized carbons (Fsp3) is 0.333. The van der Waals surface area contributed by atoms with Crippen LogP contribution in [0.3, 0.4) is 0 Å². The van der Waals surface area contributed by atoms with Crippen LogP contribution in [0, 0.1) is 0 Å². The Labute approximate surface area is 70.4 Å². The first-order valence-corrected chi connectivity index (χ1v) is 3.41. The van der Waals surface area contributed by atoms with Gasteiger partial charge >= 0.3 is 5.97 Å². The quantitative estimate of drug-likeness (QED) is 0.355. The van der Waals surface area contributed by atoms with E-state index in [1.807, 2.05) is 0 Å². The molecule has 4 nitrogen and oxygen atoms in total. The molecule has 0 saturated carbocycles. The molecular weight excluding hydrogens is 164 g/mol. The highest BCUT2D eigenvalue weighted by atomic mass is 32.1. The monoisotopic (exact) mass is 174 g/mol. The summed E-state index contributed by atoms with van der Waals surface area (Å²) in [6, 6.07) is 0. The van der Waals surface area contributed by atoms with Crippen molar-refractivity contribution in [3.8, 4) is 0 Å². The fourth-order valence-corrected chi connectivity index (χ4v) is 0.541. The summed E-state index contributed by atoms with van der Waals surface area (Å²) in [5.74, 6) is -0.541. The van der Waals surface area contributed by atoms with Gasteiger partial charge in [-0.1, -0.05) is 6.58 Å². The van der Waals surface area contributed by atoms with Crippen LogP contribution in [0.15, 0.2) is 12.3 Å². The van der Waals surface area contributed by atoms with Crippen molar-refractivity contribution in [1.29, 1.82) is 0 Å². The van der Waals surface area contributed by atoms with Gasteiger partial charge in [0.05, 0.1) is 6.61 Å². The summed E-state index contributed by atoms with van der Waals surface area (Å²) in [4.78, 5) is 10.8. The molecule has 0 aliphatic carbocycles. The van der Waals surface area contributed by atoms with Crippen LogP contribution < -0.4 is 11.1 Å². The minimum absolute atomic E-state index is 0.00283. The first-order chi connectivity index (χ1) is 5.07. The van der Waals surface area contributed by atoms with Gasteiger partial charge in [-0.3, -0.25) is 0 Å². The van der Waals surface area contributed by atoms with E-state index >= 15 is 0 Å². The first-order valence-electron chi connectivity index (χ1n) is 3.00. The summed E-state index contributed by atoms with van der Waals surface area (Å²) in [5, 5.41) is 2.37. The molecule has 0 saturated heterocycles. The smallest absolute Gasteiger partial charge is 0.354 e. The first kappa shape index (κ1) is 9.90. The highest BCUT2D eigenvalue weighted by Crippen LogP contribution is 1.88. The van der Waals surface area contributed by atoms with Crippen molar-refractivity contribution in [2.45, 2.75) is 6.92 Å². The molecule has 0 spiro atoms. The van der Waals surface area contributed by atoms with Gasteiger partial charge in [0.2, 0.25) is 0 Å². The van der Waals surface area contributed by atoms with Crippen molar-refractivity contribution < 1.29 is 9.53 Å². The molecule has 0 atom stereocenters. The number of thiocarbonyl (C=S) groups is 1. The second-order valence-corrected chi connectivity index (χ2v) is 2.13. The average molecular weight is 174 g/mol. The summed E-state index contributed by atoms with van der Waals surface area (Å²) in [5.41, 5.74) is 5.13. The number of esters is 1. The van der Waals surface area contributed by atoms with E-state index in [-0.39, 0.29) is 10.8 Å². The van der Waals surface area contributed by atoms with Crippen molar-refractivity contribution in [2.24, 2.45) is 5.73 Å². The molecule has 0 radical (unpaired) electrons.